The fourth-order valence-electron chi connectivity index (χ4n) is 2.31. The lowest BCUT2D eigenvalue weighted by molar-refractivity contribution is -0.130. The van der Waals surface area contributed by atoms with E-state index in [9.17, 15) is 9.59 Å². The van der Waals surface area contributed by atoms with E-state index in [0.717, 1.165) is 25.7 Å². The number of nitrogens with one attached hydrogen (secondary N) is 1. The van der Waals surface area contributed by atoms with Crippen LogP contribution in [0.15, 0.2) is 0 Å². The van der Waals surface area contributed by atoms with E-state index >= 15 is 0 Å². The van der Waals surface area contributed by atoms with Gasteiger partial charge in [0.25, 0.3) is 0 Å². The first-order valence-corrected chi connectivity index (χ1v) is 6.54. The van der Waals surface area contributed by atoms with Crippen molar-refractivity contribution in [3.05, 3.63) is 0 Å². The average Bonchev–Trinajstić information content (AvgIpc) is 2.38. The van der Waals surface area contributed by atoms with Crippen molar-refractivity contribution in [2.45, 2.75) is 51.5 Å². The summed E-state index contributed by atoms with van der Waals surface area (Å²) in [6.45, 7) is 1.71. The van der Waals surface area contributed by atoms with Crippen LogP contribution in [0.25, 0.3) is 0 Å². The van der Waals surface area contributed by atoms with Crippen molar-refractivity contribution >= 4 is 11.8 Å². The van der Waals surface area contributed by atoms with E-state index in [0.29, 0.717) is 0 Å². The molecule has 1 saturated carbocycles. The zero-order valence-corrected chi connectivity index (χ0v) is 10.8. The molecule has 1 aliphatic carbocycles. The number of amides is 2. The van der Waals surface area contributed by atoms with E-state index in [-0.39, 0.29) is 24.2 Å². The van der Waals surface area contributed by atoms with E-state index in [1.165, 1.54) is 6.42 Å². The maximum absolute atomic E-state index is 12.0. The lowest BCUT2D eigenvalue weighted by atomic mass is 9.88. The summed E-state index contributed by atoms with van der Waals surface area (Å²) in [7, 11) is 0. The van der Waals surface area contributed by atoms with Crippen LogP contribution in [0, 0.1) is 23.2 Å². The van der Waals surface area contributed by atoms with E-state index in [4.69, 9.17) is 11.0 Å². The minimum absolute atomic E-state index is 0.00186. The predicted octanol–water partition coefficient (Wildman–Crippen LogP) is 1.09. The van der Waals surface area contributed by atoms with Crippen molar-refractivity contribution < 1.29 is 9.59 Å². The number of primary amides is 1. The van der Waals surface area contributed by atoms with Crippen molar-refractivity contribution in [2.75, 3.05) is 0 Å². The molecule has 0 saturated heterocycles. The minimum atomic E-state index is -0.728. The van der Waals surface area contributed by atoms with Gasteiger partial charge < -0.3 is 11.1 Å². The Balaban J connectivity index is 2.52. The molecule has 1 aliphatic rings. The highest BCUT2D eigenvalue weighted by atomic mass is 16.2. The Hall–Kier alpha value is -1.57. The third-order valence-corrected chi connectivity index (χ3v) is 3.45. The van der Waals surface area contributed by atoms with E-state index in [1.807, 2.05) is 6.07 Å². The molecule has 2 amide bonds. The van der Waals surface area contributed by atoms with Crippen LogP contribution in [0.3, 0.4) is 0 Å². The van der Waals surface area contributed by atoms with Crippen LogP contribution in [0.2, 0.25) is 0 Å². The molecule has 100 valence electrons. The number of carbonyl (C=O) groups is 2. The third-order valence-electron chi connectivity index (χ3n) is 3.45. The maximum atomic E-state index is 12.0. The van der Waals surface area contributed by atoms with E-state index in [2.05, 4.69) is 5.32 Å². The van der Waals surface area contributed by atoms with Crippen LogP contribution in [-0.2, 0) is 9.59 Å². The minimum Gasteiger partial charge on any atom is -0.368 e. The summed E-state index contributed by atoms with van der Waals surface area (Å²) in [5.74, 6) is -0.961. The molecule has 0 spiro atoms. The van der Waals surface area contributed by atoms with Crippen LogP contribution in [-0.4, -0.2) is 17.9 Å². The lowest BCUT2D eigenvalue weighted by Gasteiger charge is -2.24. The van der Waals surface area contributed by atoms with Crippen molar-refractivity contribution in [3.8, 4) is 6.07 Å². The van der Waals surface area contributed by atoms with Gasteiger partial charge in [0.05, 0.1) is 6.07 Å². The molecule has 5 heteroatoms. The molecule has 0 aromatic rings. The van der Waals surface area contributed by atoms with Gasteiger partial charge in [-0.15, -0.1) is 0 Å². The van der Waals surface area contributed by atoms with Gasteiger partial charge in [0.15, 0.2) is 0 Å². The number of hydrogen-bond donors (Lipinski definition) is 2. The number of rotatable bonds is 5. The topological polar surface area (TPSA) is 96.0 Å². The van der Waals surface area contributed by atoms with Gasteiger partial charge in [0.2, 0.25) is 11.8 Å². The van der Waals surface area contributed by atoms with Gasteiger partial charge in [0.1, 0.15) is 6.04 Å². The maximum Gasteiger partial charge on any atom is 0.240 e. The molecule has 0 heterocycles. The van der Waals surface area contributed by atoms with Gasteiger partial charge in [-0.3, -0.25) is 9.59 Å². The Morgan fingerprint density at radius 1 is 1.39 bits per heavy atom. The molecule has 0 aromatic carbocycles. The van der Waals surface area contributed by atoms with Crippen molar-refractivity contribution in [2.24, 2.45) is 17.6 Å². The second-order valence-electron chi connectivity index (χ2n) is 5.06. The molecule has 3 N–H and O–H groups in total. The molecule has 1 fully saturated rings. The molecule has 2 atom stereocenters. The number of nitriles is 1. The summed E-state index contributed by atoms with van der Waals surface area (Å²) in [6, 6.07) is 1.32. The number of carbonyl (C=O) groups excluding carboxylic acids is 2. The Bertz CT molecular complexity index is 343. The first-order chi connectivity index (χ1) is 8.54. The first kappa shape index (κ1) is 14.5. The molecule has 1 rings (SSSR count). The normalized spacial score (nSPS) is 19.6. The molecule has 0 bridgehead atoms. The van der Waals surface area contributed by atoms with Crippen molar-refractivity contribution in [1.82, 2.24) is 5.32 Å². The highest BCUT2D eigenvalue weighted by molar-refractivity contribution is 5.87. The zero-order chi connectivity index (χ0) is 13.5. The van der Waals surface area contributed by atoms with Crippen LogP contribution < -0.4 is 11.1 Å². The summed E-state index contributed by atoms with van der Waals surface area (Å²) >= 11 is 0. The molecular formula is C13H21N3O2. The molecule has 0 radical (unpaired) electrons. The van der Waals surface area contributed by atoms with Gasteiger partial charge in [-0.2, -0.15) is 5.26 Å². The summed E-state index contributed by atoms with van der Waals surface area (Å²) in [6.07, 6.45) is 5.34. The monoisotopic (exact) mass is 251 g/mol. The average molecular weight is 251 g/mol. The van der Waals surface area contributed by atoms with E-state index < -0.39 is 11.9 Å². The largest absolute Gasteiger partial charge is 0.368 e. The Labute approximate surface area is 108 Å². The zero-order valence-electron chi connectivity index (χ0n) is 10.8. The Morgan fingerprint density at radius 3 is 2.50 bits per heavy atom. The van der Waals surface area contributed by atoms with Gasteiger partial charge in [-0.05, 0) is 26.2 Å². The summed E-state index contributed by atoms with van der Waals surface area (Å²) < 4.78 is 0. The molecule has 0 unspecified atom stereocenters. The highest BCUT2D eigenvalue weighted by Gasteiger charge is 2.26. The second kappa shape index (κ2) is 7.00. The Morgan fingerprint density at radius 2 is 2.00 bits per heavy atom. The highest BCUT2D eigenvalue weighted by Crippen LogP contribution is 2.23. The molecule has 0 aromatic heterocycles. The molecule has 18 heavy (non-hydrogen) atoms. The summed E-state index contributed by atoms with van der Waals surface area (Å²) in [4.78, 5) is 23.2. The van der Waals surface area contributed by atoms with Crippen LogP contribution in [0.4, 0.5) is 0 Å². The Kier molecular flexibility index (Phi) is 5.63. The second-order valence-corrected chi connectivity index (χ2v) is 5.06. The fraction of sp³-hybridized carbons (Fsp3) is 0.769. The number of hydrogen-bond acceptors (Lipinski definition) is 3. The third kappa shape index (κ3) is 4.36. The summed E-state index contributed by atoms with van der Waals surface area (Å²) in [5.41, 5.74) is 5.25. The summed E-state index contributed by atoms with van der Waals surface area (Å²) in [5, 5.41) is 11.4. The number of nitrogens with two attached hydrogens (primary N) is 1. The fourth-order valence-corrected chi connectivity index (χ4v) is 2.31. The van der Waals surface area contributed by atoms with Gasteiger partial charge in [0, 0.05) is 11.8 Å². The molecule has 0 aliphatic heterocycles. The quantitative estimate of drug-likeness (QED) is 0.765. The van der Waals surface area contributed by atoms with Gasteiger partial charge >= 0.3 is 0 Å². The predicted molar refractivity (Wildman–Crippen MR) is 67.1 cm³/mol. The SMILES string of the molecule is C[C@H](C#N)C[C@H](NC(=O)C1CCCCC1)C(N)=O. The van der Waals surface area contributed by atoms with Gasteiger partial charge in [-0.25, -0.2) is 0 Å². The van der Waals surface area contributed by atoms with Crippen LogP contribution in [0.5, 0.6) is 0 Å². The van der Waals surface area contributed by atoms with E-state index in [1.54, 1.807) is 6.92 Å². The van der Waals surface area contributed by atoms with Gasteiger partial charge in [-0.1, -0.05) is 19.3 Å². The van der Waals surface area contributed by atoms with Crippen LogP contribution in [0.1, 0.15) is 45.4 Å². The lowest BCUT2D eigenvalue weighted by Crippen LogP contribution is -2.47. The van der Waals surface area contributed by atoms with Crippen molar-refractivity contribution in [3.63, 3.8) is 0 Å². The standard InChI is InChI=1S/C13H21N3O2/c1-9(8-14)7-11(12(15)17)16-13(18)10-5-3-2-4-6-10/h9-11H,2-7H2,1H3,(H2,15,17)(H,16,18)/t9-,11-/m0/s1. The smallest absolute Gasteiger partial charge is 0.240 e. The number of nitrogens with zero attached hydrogens (tertiary/aromatic N) is 1. The molecular weight excluding hydrogens is 230 g/mol. The molecule has 5 nitrogen and oxygen atoms in total. The van der Waals surface area contributed by atoms with Crippen LogP contribution >= 0.6 is 0 Å². The first-order valence-electron chi connectivity index (χ1n) is 6.54. The van der Waals surface area contributed by atoms with Crippen molar-refractivity contribution in [1.29, 1.82) is 5.26 Å².